The largest absolute Gasteiger partial charge is 0.480 e. The Kier molecular flexibility index (Phi) is 5.58. The lowest BCUT2D eigenvalue weighted by Crippen LogP contribution is -2.35. The molecule has 0 saturated carbocycles. The van der Waals surface area contributed by atoms with Gasteiger partial charge in [0.25, 0.3) is 5.91 Å². The van der Waals surface area contributed by atoms with Crippen LogP contribution in [-0.4, -0.2) is 42.1 Å². The van der Waals surface area contributed by atoms with Gasteiger partial charge in [-0.15, -0.1) is 6.42 Å². The first-order chi connectivity index (χ1) is 9.08. The molecule has 0 unspecified atom stereocenters. The van der Waals surface area contributed by atoms with Gasteiger partial charge in [0.15, 0.2) is 0 Å². The molecule has 0 bridgehead atoms. The van der Waals surface area contributed by atoms with Crippen LogP contribution in [0.3, 0.4) is 0 Å². The van der Waals surface area contributed by atoms with Crippen molar-refractivity contribution in [3.05, 3.63) is 35.4 Å². The fourth-order valence-electron chi connectivity index (χ4n) is 1.57. The molecule has 0 aromatic heterocycles. The van der Waals surface area contributed by atoms with Gasteiger partial charge in [0.2, 0.25) is 0 Å². The lowest BCUT2D eigenvalue weighted by Gasteiger charge is -2.18. The highest BCUT2D eigenvalue weighted by Gasteiger charge is 2.17. The van der Waals surface area contributed by atoms with Gasteiger partial charge in [-0.25, -0.2) is 0 Å². The Morgan fingerprint density at radius 3 is 2.47 bits per heavy atom. The molecule has 0 heterocycles. The fraction of sp³-hybridized carbons (Fsp3) is 0.286. The number of terminal acetylenes is 1. The van der Waals surface area contributed by atoms with E-state index in [1.54, 1.807) is 31.4 Å². The van der Waals surface area contributed by atoms with E-state index in [-0.39, 0.29) is 6.54 Å². The molecule has 0 saturated heterocycles. The highest BCUT2D eigenvalue weighted by Crippen LogP contribution is 2.08. The van der Waals surface area contributed by atoms with E-state index in [1.807, 2.05) is 0 Å². The van der Waals surface area contributed by atoms with Crippen LogP contribution in [0.4, 0.5) is 0 Å². The molecule has 0 aliphatic rings. The highest BCUT2D eigenvalue weighted by molar-refractivity contribution is 5.96. The summed E-state index contributed by atoms with van der Waals surface area (Å²) in [5, 5.41) is 8.74. The molecule has 0 atom stereocenters. The Labute approximate surface area is 111 Å². The third-order valence-corrected chi connectivity index (χ3v) is 2.41. The highest BCUT2D eigenvalue weighted by atomic mass is 16.5. The van der Waals surface area contributed by atoms with Crippen molar-refractivity contribution in [3.8, 4) is 12.3 Å². The van der Waals surface area contributed by atoms with Crippen molar-refractivity contribution in [1.82, 2.24) is 4.90 Å². The molecule has 0 aliphatic carbocycles. The minimum absolute atomic E-state index is 0.0368. The summed E-state index contributed by atoms with van der Waals surface area (Å²) in [6.45, 7) is 0.00543. The molecule has 0 spiro atoms. The van der Waals surface area contributed by atoms with Gasteiger partial charge in [-0.05, 0) is 17.7 Å². The van der Waals surface area contributed by atoms with Crippen molar-refractivity contribution in [2.45, 2.75) is 6.61 Å². The average Bonchev–Trinajstić information content (AvgIpc) is 2.38. The second-order valence-corrected chi connectivity index (χ2v) is 3.89. The third-order valence-electron chi connectivity index (χ3n) is 2.41. The lowest BCUT2D eigenvalue weighted by molar-refractivity contribution is -0.137. The molecule has 0 radical (unpaired) electrons. The summed E-state index contributed by atoms with van der Waals surface area (Å²) in [6.07, 6.45) is 5.13. The van der Waals surface area contributed by atoms with Crippen molar-refractivity contribution >= 4 is 11.9 Å². The van der Waals surface area contributed by atoms with Gasteiger partial charge >= 0.3 is 5.97 Å². The molecule has 0 aliphatic heterocycles. The van der Waals surface area contributed by atoms with E-state index in [9.17, 15) is 9.59 Å². The van der Waals surface area contributed by atoms with E-state index in [2.05, 4.69) is 5.92 Å². The zero-order valence-electron chi connectivity index (χ0n) is 10.6. The molecule has 1 N–H and O–H groups in total. The number of methoxy groups -OCH3 is 1. The van der Waals surface area contributed by atoms with Crippen LogP contribution in [0, 0.1) is 12.3 Å². The van der Waals surface area contributed by atoms with Gasteiger partial charge in [0, 0.05) is 12.7 Å². The van der Waals surface area contributed by atoms with Crippen LogP contribution < -0.4 is 0 Å². The Balaban J connectivity index is 2.84. The molecule has 5 nitrogen and oxygen atoms in total. The van der Waals surface area contributed by atoms with Crippen LogP contribution >= 0.6 is 0 Å². The number of carboxylic acid groups (broad SMARTS) is 1. The molecule has 1 aromatic rings. The number of ether oxygens (including phenoxy) is 1. The van der Waals surface area contributed by atoms with E-state index >= 15 is 0 Å². The smallest absolute Gasteiger partial charge is 0.323 e. The first kappa shape index (κ1) is 14.7. The summed E-state index contributed by atoms with van der Waals surface area (Å²) in [7, 11) is 1.58. The van der Waals surface area contributed by atoms with Crippen LogP contribution in [-0.2, 0) is 16.1 Å². The first-order valence-electron chi connectivity index (χ1n) is 5.61. The van der Waals surface area contributed by atoms with Crippen LogP contribution in [0.1, 0.15) is 15.9 Å². The minimum atomic E-state index is -1.10. The number of hydrogen-bond acceptors (Lipinski definition) is 3. The van der Waals surface area contributed by atoms with Gasteiger partial charge < -0.3 is 14.7 Å². The number of benzene rings is 1. The van der Waals surface area contributed by atoms with Crippen molar-refractivity contribution in [2.24, 2.45) is 0 Å². The number of carboxylic acids is 1. The van der Waals surface area contributed by atoms with Gasteiger partial charge in [0.05, 0.1) is 13.2 Å². The van der Waals surface area contributed by atoms with E-state index in [0.717, 1.165) is 10.5 Å². The minimum Gasteiger partial charge on any atom is -0.480 e. The summed E-state index contributed by atoms with van der Waals surface area (Å²) in [6, 6.07) is 6.77. The second kappa shape index (κ2) is 7.19. The van der Waals surface area contributed by atoms with E-state index < -0.39 is 18.4 Å². The zero-order chi connectivity index (χ0) is 14.3. The summed E-state index contributed by atoms with van der Waals surface area (Å²) < 4.78 is 4.97. The topological polar surface area (TPSA) is 66.8 Å². The molecule has 19 heavy (non-hydrogen) atoms. The van der Waals surface area contributed by atoms with E-state index in [0.29, 0.717) is 12.2 Å². The molecule has 1 aromatic carbocycles. The van der Waals surface area contributed by atoms with Crippen LogP contribution in [0.2, 0.25) is 0 Å². The molecule has 0 fully saturated rings. The Bertz CT molecular complexity index is 487. The van der Waals surface area contributed by atoms with Gasteiger partial charge in [-0.3, -0.25) is 9.59 Å². The summed E-state index contributed by atoms with van der Waals surface area (Å²) in [5.74, 6) is 0.781. The van der Waals surface area contributed by atoms with Gasteiger partial charge in [0.1, 0.15) is 6.54 Å². The second-order valence-electron chi connectivity index (χ2n) is 3.89. The van der Waals surface area contributed by atoms with Crippen LogP contribution in [0.15, 0.2) is 24.3 Å². The van der Waals surface area contributed by atoms with Gasteiger partial charge in [-0.2, -0.15) is 0 Å². The number of carbonyl (C=O) groups is 2. The fourth-order valence-corrected chi connectivity index (χ4v) is 1.57. The number of nitrogens with zero attached hydrogens (tertiary/aromatic N) is 1. The van der Waals surface area contributed by atoms with Crippen molar-refractivity contribution < 1.29 is 19.4 Å². The van der Waals surface area contributed by atoms with Crippen molar-refractivity contribution in [2.75, 3.05) is 20.2 Å². The average molecular weight is 261 g/mol. The quantitative estimate of drug-likeness (QED) is 0.776. The lowest BCUT2D eigenvalue weighted by atomic mass is 10.1. The number of aliphatic carboxylic acids is 1. The van der Waals surface area contributed by atoms with Gasteiger partial charge in [-0.1, -0.05) is 18.1 Å². The normalized spacial score (nSPS) is 9.68. The predicted molar refractivity (Wildman–Crippen MR) is 69.5 cm³/mol. The molecule has 5 heteroatoms. The number of rotatable bonds is 6. The van der Waals surface area contributed by atoms with E-state index in [1.165, 1.54) is 0 Å². The monoisotopic (exact) mass is 261 g/mol. The maximum atomic E-state index is 12.1. The summed E-state index contributed by atoms with van der Waals surface area (Å²) in [5.41, 5.74) is 1.33. The molecule has 1 amide bonds. The third kappa shape index (κ3) is 4.45. The summed E-state index contributed by atoms with van der Waals surface area (Å²) in [4.78, 5) is 23.9. The standard InChI is InChI=1S/C14H15NO4/c1-3-8-15(9-13(16)17)14(18)12-6-4-11(5-7-12)10-19-2/h1,4-7H,8-10H2,2H3,(H,16,17). The van der Waals surface area contributed by atoms with E-state index in [4.69, 9.17) is 16.3 Å². The van der Waals surface area contributed by atoms with Crippen LogP contribution in [0.25, 0.3) is 0 Å². The maximum Gasteiger partial charge on any atom is 0.323 e. The first-order valence-corrected chi connectivity index (χ1v) is 5.61. The van der Waals surface area contributed by atoms with Crippen molar-refractivity contribution in [1.29, 1.82) is 0 Å². The SMILES string of the molecule is C#CCN(CC(=O)O)C(=O)c1ccc(COC)cc1. The Hall–Kier alpha value is -2.32. The number of carbonyl (C=O) groups excluding carboxylic acids is 1. The Morgan fingerprint density at radius 2 is 2.00 bits per heavy atom. The number of hydrogen-bond donors (Lipinski definition) is 1. The molecule has 100 valence electrons. The van der Waals surface area contributed by atoms with Crippen LogP contribution in [0.5, 0.6) is 0 Å². The number of amides is 1. The Morgan fingerprint density at radius 1 is 1.37 bits per heavy atom. The summed E-state index contributed by atoms with van der Waals surface area (Å²) >= 11 is 0. The molecular formula is C14H15NO4. The predicted octanol–water partition coefficient (Wildman–Crippen LogP) is 0.993. The van der Waals surface area contributed by atoms with Crippen molar-refractivity contribution in [3.63, 3.8) is 0 Å². The molecular weight excluding hydrogens is 246 g/mol. The molecule has 1 rings (SSSR count). The maximum absolute atomic E-state index is 12.1. The zero-order valence-corrected chi connectivity index (χ0v) is 10.6.